The molecule has 0 radical (unpaired) electrons. The van der Waals surface area contributed by atoms with Gasteiger partial charge in [0, 0.05) is 12.1 Å². The quantitative estimate of drug-likeness (QED) is 0.342. The Hall–Kier alpha value is -3.79. The zero-order valence-electron chi connectivity index (χ0n) is 17.3. The minimum Gasteiger partial charge on any atom is -0.506 e. The molecule has 0 aromatic heterocycles. The fourth-order valence-corrected chi connectivity index (χ4v) is 3.84. The number of nitrogens with zero attached hydrogens (tertiary/aromatic N) is 2. The summed E-state index contributed by atoms with van der Waals surface area (Å²) in [7, 11) is 0. The van der Waals surface area contributed by atoms with Crippen LogP contribution in [0.25, 0.3) is 6.08 Å². The van der Waals surface area contributed by atoms with E-state index in [2.05, 4.69) is 4.99 Å². The van der Waals surface area contributed by atoms with Gasteiger partial charge in [-0.15, -0.1) is 0 Å². The van der Waals surface area contributed by atoms with E-state index < -0.39 is 10.9 Å². The van der Waals surface area contributed by atoms with Crippen LogP contribution in [0.2, 0.25) is 0 Å². The van der Waals surface area contributed by atoms with E-state index in [1.807, 2.05) is 0 Å². The number of carbonyl (C=O) groups excluding carboxylic acids is 1. The maximum atomic E-state index is 12.5. The lowest BCUT2D eigenvalue weighted by Gasteiger charge is -2.07. The number of rotatable bonds is 7. The van der Waals surface area contributed by atoms with Crippen LogP contribution in [0.5, 0.6) is 11.5 Å². The number of nitro benzene ring substituents is 1. The van der Waals surface area contributed by atoms with Crippen molar-refractivity contribution in [1.82, 2.24) is 0 Å². The van der Waals surface area contributed by atoms with Crippen molar-refractivity contribution in [2.45, 2.75) is 13.8 Å². The zero-order chi connectivity index (χ0) is 23.3. The van der Waals surface area contributed by atoms with Crippen LogP contribution in [0.3, 0.4) is 0 Å². The van der Waals surface area contributed by atoms with Crippen molar-refractivity contribution in [1.29, 1.82) is 0 Å². The minimum atomic E-state index is -0.734. The number of thioether (sulfide) groups is 1. The van der Waals surface area contributed by atoms with Gasteiger partial charge in [0.25, 0.3) is 5.69 Å². The average Bonchev–Trinajstić information content (AvgIpc) is 3.06. The molecule has 2 N–H and O–H groups in total. The predicted octanol–water partition coefficient (Wildman–Crippen LogP) is 4.89. The number of aromatic hydroxyl groups is 1. The van der Waals surface area contributed by atoms with Gasteiger partial charge >= 0.3 is 5.97 Å². The van der Waals surface area contributed by atoms with Gasteiger partial charge in [-0.2, -0.15) is 0 Å². The number of esters is 1. The highest BCUT2D eigenvalue weighted by molar-refractivity contribution is 8.18. The predicted molar refractivity (Wildman–Crippen MR) is 121 cm³/mol. The fourth-order valence-electron chi connectivity index (χ4n) is 2.80. The molecule has 1 heterocycles. The Morgan fingerprint density at radius 2 is 1.88 bits per heavy atom. The summed E-state index contributed by atoms with van der Waals surface area (Å²) in [6, 6.07) is 10.2. The standard InChI is InChI=1S/C22H20N2O7S/c1-3-30-17-11-13(5-10-16(17)25)12-18-20(26)19(22(27)31-4-2)21(32-18)23-14-6-8-15(9-7-14)24(28)29/h5-12,25-26H,3-4H2,1-2H3/b18-12-,23-21?. The average molecular weight is 456 g/mol. The molecule has 0 aliphatic carbocycles. The van der Waals surface area contributed by atoms with Gasteiger partial charge in [-0.25, -0.2) is 9.79 Å². The second-order valence-electron chi connectivity index (χ2n) is 6.41. The second-order valence-corrected chi connectivity index (χ2v) is 7.44. The number of aliphatic imine (C=N–C) groups is 1. The molecule has 2 aromatic rings. The molecule has 0 saturated heterocycles. The van der Waals surface area contributed by atoms with E-state index >= 15 is 0 Å². The largest absolute Gasteiger partial charge is 0.506 e. The number of carbonyl (C=O) groups is 1. The Morgan fingerprint density at radius 3 is 2.50 bits per heavy atom. The Balaban J connectivity index is 2.01. The molecule has 0 amide bonds. The Labute approximate surface area is 187 Å². The third-order valence-electron chi connectivity index (χ3n) is 4.24. The van der Waals surface area contributed by atoms with Gasteiger partial charge in [0.05, 0.1) is 28.7 Å². The van der Waals surface area contributed by atoms with Crippen molar-refractivity contribution in [3.05, 3.63) is 74.4 Å². The van der Waals surface area contributed by atoms with Crippen LogP contribution in [0.1, 0.15) is 19.4 Å². The molecule has 0 atom stereocenters. The monoisotopic (exact) mass is 456 g/mol. The van der Waals surface area contributed by atoms with E-state index in [9.17, 15) is 25.1 Å². The van der Waals surface area contributed by atoms with E-state index in [4.69, 9.17) is 9.47 Å². The first-order valence-electron chi connectivity index (χ1n) is 9.63. The Kier molecular flexibility index (Phi) is 7.16. The number of phenols is 1. The van der Waals surface area contributed by atoms with Gasteiger partial charge in [0.2, 0.25) is 0 Å². The summed E-state index contributed by atoms with van der Waals surface area (Å²) in [6.45, 7) is 3.91. The van der Waals surface area contributed by atoms with E-state index in [1.54, 1.807) is 32.1 Å². The summed E-state index contributed by atoms with van der Waals surface area (Å²) >= 11 is 1.05. The van der Waals surface area contributed by atoms with E-state index in [0.717, 1.165) is 11.8 Å². The third-order valence-corrected chi connectivity index (χ3v) is 5.26. The SMILES string of the molecule is CCOC(=O)C1=C(O)/C(=C/c2ccc(O)c(OCC)c2)SC1=Nc1ccc([N+](=O)[O-])cc1. The molecule has 32 heavy (non-hydrogen) atoms. The first-order chi connectivity index (χ1) is 15.3. The number of nitro groups is 1. The maximum absolute atomic E-state index is 12.5. The molecule has 0 bridgehead atoms. The smallest absolute Gasteiger partial charge is 0.344 e. The summed E-state index contributed by atoms with van der Waals surface area (Å²) in [5.74, 6) is -0.749. The molecule has 2 aromatic carbocycles. The molecule has 166 valence electrons. The summed E-state index contributed by atoms with van der Waals surface area (Å²) in [5.41, 5.74) is 0.817. The molecule has 10 heteroatoms. The highest BCUT2D eigenvalue weighted by Crippen LogP contribution is 2.41. The first-order valence-corrected chi connectivity index (χ1v) is 10.4. The molecule has 0 fully saturated rings. The molecular formula is C22H20N2O7S. The number of aliphatic hydroxyl groups excluding tert-OH is 1. The van der Waals surface area contributed by atoms with Gasteiger partial charge < -0.3 is 19.7 Å². The van der Waals surface area contributed by atoms with Crippen molar-refractivity contribution < 1.29 is 29.4 Å². The number of phenolic OH excluding ortho intramolecular Hbond substituents is 1. The second kappa shape index (κ2) is 10.0. The first kappa shape index (κ1) is 22.9. The zero-order valence-corrected chi connectivity index (χ0v) is 18.1. The van der Waals surface area contributed by atoms with E-state index in [1.165, 1.54) is 30.3 Å². The third kappa shape index (κ3) is 5.09. The summed E-state index contributed by atoms with van der Waals surface area (Å²) < 4.78 is 10.4. The Bertz CT molecular complexity index is 1140. The van der Waals surface area contributed by atoms with Gasteiger partial charge in [-0.3, -0.25) is 10.1 Å². The van der Waals surface area contributed by atoms with Crippen LogP contribution in [0.15, 0.2) is 63.7 Å². The number of hydrogen-bond donors (Lipinski definition) is 2. The molecule has 0 unspecified atom stereocenters. The number of ether oxygens (including phenoxy) is 2. The van der Waals surface area contributed by atoms with Crippen LogP contribution in [0.4, 0.5) is 11.4 Å². The normalized spacial score (nSPS) is 15.9. The van der Waals surface area contributed by atoms with E-state index in [-0.39, 0.29) is 34.4 Å². The molecule has 0 spiro atoms. The lowest BCUT2D eigenvalue weighted by atomic mass is 10.1. The topological polar surface area (TPSA) is 131 Å². The van der Waals surface area contributed by atoms with Gasteiger partial charge in [0.15, 0.2) is 11.5 Å². The van der Waals surface area contributed by atoms with Crippen LogP contribution in [-0.4, -0.2) is 39.4 Å². The summed E-state index contributed by atoms with van der Waals surface area (Å²) in [4.78, 5) is 27.5. The van der Waals surface area contributed by atoms with Crippen molar-refractivity contribution >= 4 is 40.2 Å². The molecule has 9 nitrogen and oxygen atoms in total. The summed E-state index contributed by atoms with van der Waals surface area (Å²) in [5, 5.41) is 31.7. The number of non-ortho nitro benzene ring substituents is 1. The van der Waals surface area contributed by atoms with E-state index in [0.29, 0.717) is 28.5 Å². The van der Waals surface area contributed by atoms with Gasteiger partial charge in [-0.1, -0.05) is 17.8 Å². The van der Waals surface area contributed by atoms with Crippen molar-refractivity contribution in [3.8, 4) is 11.5 Å². The lowest BCUT2D eigenvalue weighted by Crippen LogP contribution is -2.12. The minimum absolute atomic E-state index is 0.0134. The van der Waals surface area contributed by atoms with Gasteiger partial charge in [0.1, 0.15) is 16.4 Å². The van der Waals surface area contributed by atoms with Crippen LogP contribution >= 0.6 is 11.8 Å². The molecular weight excluding hydrogens is 436 g/mol. The van der Waals surface area contributed by atoms with Crippen LogP contribution in [-0.2, 0) is 9.53 Å². The van der Waals surface area contributed by atoms with Crippen LogP contribution < -0.4 is 4.74 Å². The van der Waals surface area contributed by atoms with Crippen molar-refractivity contribution in [3.63, 3.8) is 0 Å². The number of benzene rings is 2. The maximum Gasteiger partial charge on any atom is 0.344 e. The van der Waals surface area contributed by atoms with Crippen molar-refractivity contribution in [2.24, 2.45) is 4.99 Å². The highest BCUT2D eigenvalue weighted by atomic mass is 32.2. The molecule has 1 aliphatic heterocycles. The lowest BCUT2D eigenvalue weighted by molar-refractivity contribution is -0.384. The number of aliphatic hydroxyl groups is 1. The highest BCUT2D eigenvalue weighted by Gasteiger charge is 2.33. The fraction of sp³-hybridized carbons (Fsp3) is 0.182. The Morgan fingerprint density at radius 1 is 1.16 bits per heavy atom. The molecule has 3 rings (SSSR count). The summed E-state index contributed by atoms with van der Waals surface area (Å²) in [6.07, 6.45) is 1.62. The van der Waals surface area contributed by atoms with Crippen molar-refractivity contribution in [2.75, 3.05) is 13.2 Å². The van der Waals surface area contributed by atoms with Gasteiger partial charge in [-0.05, 0) is 49.8 Å². The van der Waals surface area contributed by atoms with Crippen LogP contribution in [0, 0.1) is 10.1 Å². The molecule has 1 aliphatic rings. The number of hydrogen-bond acceptors (Lipinski definition) is 9. The molecule has 0 saturated carbocycles.